The van der Waals surface area contributed by atoms with Crippen LogP contribution >= 0.6 is 0 Å². The number of nitrogens with one attached hydrogen (secondary N) is 2. The molecule has 0 amide bonds. The molecule has 3 rings (SSSR count). The first-order valence-corrected chi connectivity index (χ1v) is 7.84. The number of anilines is 1. The van der Waals surface area contributed by atoms with Crippen molar-refractivity contribution in [3.63, 3.8) is 0 Å². The second-order valence-corrected chi connectivity index (χ2v) is 6.45. The lowest BCUT2D eigenvalue weighted by Crippen LogP contribution is -2.13. The van der Waals surface area contributed by atoms with Crippen molar-refractivity contribution >= 4 is 26.6 Å². The summed E-state index contributed by atoms with van der Waals surface area (Å²) in [5.74, 6) is 0. The van der Waals surface area contributed by atoms with Gasteiger partial charge in [0.05, 0.1) is 23.1 Å². The first-order valence-electron chi connectivity index (χ1n) is 6.36. The molecule has 0 aliphatic carbocycles. The van der Waals surface area contributed by atoms with E-state index in [1.165, 1.54) is 6.20 Å². The number of nitrogens with zero attached hydrogens (tertiary/aromatic N) is 2. The van der Waals surface area contributed by atoms with E-state index < -0.39 is 10.0 Å². The van der Waals surface area contributed by atoms with E-state index in [1.807, 2.05) is 19.1 Å². The summed E-state index contributed by atoms with van der Waals surface area (Å²) in [4.78, 5) is 4.44. The van der Waals surface area contributed by atoms with E-state index in [0.717, 1.165) is 16.5 Å². The molecule has 7 heteroatoms. The van der Waals surface area contributed by atoms with Crippen LogP contribution < -0.4 is 4.72 Å². The van der Waals surface area contributed by atoms with Crippen molar-refractivity contribution in [1.29, 1.82) is 0 Å². The SMILES string of the molecule is Cc1[nH]ncc1S(=O)(=O)Nc1ccc(C)c2ncccc12. The van der Waals surface area contributed by atoms with Gasteiger partial charge in [-0.25, -0.2) is 8.42 Å². The third-order valence-electron chi connectivity index (χ3n) is 3.29. The molecular weight excluding hydrogens is 288 g/mol. The van der Waals surface area contributed by atoms with Crippen LogP contribution in [0.25, 0.3) is 10.9 Å². The summed E-state index contributed by atoms with van der Waals surface area (Å²) in [6, 6.07) is 7.21. The van der Waals surface area contributed by atoms with Crippen molar-refractivity contribution in [2.75, 3.05) is 4.72 Å². The second-order valence-electron chi connectivity index (χ2n) is 4.79. The predicted octanol–water partition coefficient (Wildman–Crippen LogP) is 2.38. The largest absolute Gasteiger partial charge is 0.281 e. The molecule has 2 heterocycles. The number of rotatable bonds is 3. The Bertz CT molecular complexity index is 916. The summed E-state index contributed by atoms with van der Waals surface area (Å²) >= 11 is 0. The molecule has 0 aliphatic rings. The minimum atomic E-state index is -3.68. The summed E-state index contributed by atoms with van der Waals surface area (Å²) in [6.07, 6.45) is 2.99. The van der Waals surface area contributed by atoms with E-state index >= 15 is 0 Å². The van der Waals surface area contributed by atoms with Gasteiger partial charge in [-0.3, -0.25) is 14.8 Å². The smallest absolute Gasteiger partial charge is 0.265 e. The standard InChI is InChI=1S/C14H14N4O2S/c1-9-5-6-12(11-4-3-7-15-14(9)11)18-21(19,20)13-8-16-17-10(13)2/h3-8,18H,1-2H3,(H,16,17). The van der Waals surface area contributed by atoms with Crippen LogP contribution in [0.5, 0.6) is 0 Å². The monoisotopic (exact) mass is 302 g/mol. The first kappa shape index (κ1) is 13.6. The maximum absolute atomic E-state index is 12.4. The van der Waals surface area contributed by atoms with Crippen molar-refractivity contribution in [3.8, 4) is 0 Å². The maximum atomic E-state index is 12.4. The molecule has 0 saturated carbocycles. The van der Waals surface area contributed by atoms with Gasteiger partial charge in [0.15, 0.2) is 0 Å². The van der Waals surface area contributed by atoms with Gasteiger partial charge in [0.25, 0.3) is 10.0 Å². The fourth-order valence-electron chi connectivity index (χ4n) is 2.21. The summed E-state index contributed by atoms with van der Waals surface area (Å²) < 4.78 is 27.4. The molecule has 0 saturated heterocycles. The molecular formula is C14H14N4O2S. The zero-order valence-electron chi connectivity index (χ0n) is 11.6. The molecule has 0 aliphatic heterocycles. The van der Waals surface area contributed by atoms with Gasteiger partial charge in [0, 0.05) is 11.6 Å². The summed E-state index contributed by atoms with van der Waals surface area (Å²) in [5.41, 5.74) is 2.77. The molecule has 0 spiro atoms. The molecule has 0 radical (unpaired) electrons. The van der Waals surface area contributed by atoms with Crippen LogP contribution in [0.3, 0.4) is 0 Å². The highest BCUT2D eigenvalue weighted by atomic mass is 32.2. The zero-order valence-corrected chi connectivity index (χ0v) is 12.4. The average molecular weight is 302 g/mol. The van der Waals surface area contributed by atoms with Gasteiger partial charge in [-0.1, -0.05) is 6.07 Å². The van der Waals surface area contributed by atoms with Crippen LogP contribution in [0.4, 0.5) is 5.69 Å². The van der Waals surface area contributed by atoms with Crippen LogP contribution in [0.15, 0.2) is 41.6 Å². The Hall–Kier alpha value is -2.41. The van der Waals surface area contributed by atoms with Crippen LogP contribution in [-0.2, 0) is 10.0 Å². The van der Waals surface area contributed by atoms with Gasteiger partial charge in [-0.15, -0.1) is 0 Å². The third kappa shape index (κ3) is 2.36. The number of sulfonamides is 1. The van der Waals surface area contributed by atoms with Gasteiger partial charge in [-0.05, 0) is 37.6 Å². The number of benzene rings is 1. The minimum absolute atomic E-state index is 0.139. The molecule has 2 N–H and O–H groups in total. The number of pyridine rings is 1. The molecule has 21 heavy (non-hydrogen) atoms. The van der Waals surface area contributed by atoms with E-state index in [2.05, 4.69) is 19.9 Å². The molecule has 0 fully saturated rings. The molecule has 6 nitrogen and oxygen atoms in total. The molecule has 1 aromatic carbocycles. The normalized spacial score (nSPS) is 11.7. The lowest BCUT2D eigenvalue weighted by molar-refractivity contribution is 0.601. The molecule has 0 unspecified atom stereocenters. The van der Waals surface area contributed by atoms with Crippen molar-refractivity contribution in [2.24, 2.45) is 0 Å². The quantitative estimate of drug-likeness (QED) is 0.777. The van der Waals surface area contributed by atoms with E-state index in [-0.39, 0.29) is 4.90 Å². The summed E-state index contributed by atoms with van der Waals surface area (Å²) in [7, 11) is -3.68. The van der Waals surface area contributed by atoms with Crippen LogP contribution in [0.1, 0.15) is 11.3 Å². The molecule has 108 valence electrons. The number of fused-ring (bicyclic) bond motifs is 1. The highest BCUT2D eigenvalue weighted by Crippen LogP contribution is 2.27. The third-order valence-corrected chi connectivity index (χ3v) is 4.77. The summed E-state index contributed by atoms with van der Waals surface area (Å²) in [5, 5.41) is 7.14. The Balaban J connectivity index is 2.11. The first-order chi connectivity index (χ1) is 9.99. The topological polar surface area (TPSA) is 87.7 Å². The fourth-order valence-corrected chi connectivity index (χ4v) is 3.43. The lowest BCUT2D eigenvalue weighted by Gasteiger charge is -2.11. The van der Waals surface area contributed by atoms with Crippen molar-refractivity contribution < 1.29 is 8.42 Å². The van der Waals surface area contributed by atoms with Gasteiger partial charge >= 0.3 is 0 Å². The van der Waals surface area contributed by atoms with Crippen LogP contribution in [0, 0.1) is 13.8 Å². The predicted molar refractivity (Wildman–Crippen MR) is 80.6 cm³/mol. The molecule has 0 bridgehead atoms. The number of aromatic nitrogens is 3. The molecule has 3 aromatic rings. The van der Waals surface area contributed by atoms with E-state index in [4.69, 9.17) is 0 Å². The summed E-state index contributed by atoms with van der Waals surface area (Å²) in [6.45, 7) is 3.60. The van der Waals surface area contributed by atoms with Gasteiger partial charge in [-0.2, -0.15) is 5.10 Å². The van der Waals surface area contributed by atoms with E-state index in [9.17, 15) is 8.42 Å². The number of aryl methyl sites for hydroxylation is 2. The lowest BCUT2D eigenvalue weighted by atomic mass is 10.1. The Morgan fingerprint density at radius 3 is 2.71 bits per heavy atom. The Kier molecular flexibility index (Phi) is 3.13. The number of hydrogen-bond donors (Lipinski definition) is 2. The van der Waals surface area contributed by atoms with Crippen molar-refractivity contribution in [3.05, 3.63) is 47.9 Å². The van der Waals surface area contributed by atoms with E-state index in [0.29, 0.717) is 11.4 Å². The van der Waals surface area contributed by atoms with Crippen molar-refractivity contribution in [2.45, 2.75) is 18.7 Å². The maximum Gasteiger partial charge on any atom is 0.265 e. The Morgan fingerprint density at radius 1 is 1.19 bits per heavy atom. The second kappa shape index (κ2) is 4.85. The minimum Gasteiger partial charge on any atom is -0.281 e. The van der Waals surface area contributed by atoms with Crippen LogP contribution in [-0.4, -0.2) is 23.6 Å². The Labute approximate surface area is 122 Å². The van der Waals surface area contributed by atoms with Gasteiger partial charge < -0.3 is 0 Å². The molecule has 2 aromatic heterocycles. The van der Waals surface area contributed by atoms with Gasteiger partial charge in [0.1, 0.15) is 4.90 Å². The van der Waals surface area contributed by atoms with Crippen molar-refractivity contribution in [1.82, 2.24) is 15.2 Å². The number of H-pyrrole nitrogens is 1. The zero-order chi connectivity index (χ0) is 15.0. The highest BCUT2D eigenvalue weighted by Gasteiger charge is 2.19. The fraction of sp³-hybridized carbons (Fsp3) is 0.143. The number of aromatic amines is 1. The molecule has 0 atom stereocenters. The van der Waals surface area contributed by atoms with E-state index in [1.54, 1.807) is 25.3 Å². The highest BCUT2D eigenvalue weighted by molar-refractivity contribution is 7.92. The van der Waals surface area contributed by atoms with Gasteiger partial charge in [0.2, 0.25) is 0 Å². The number of hydrogen-bond acceptors (Lipinski definition) is 4. The Morgan fingerprint density at radius 2 is 2.00 bits per heavy atom. The average Bonchev–Trinajstić information content (AvgIpc) is 2.89. The van der Waals surface area contributed by atoms with Crippen LogP contribution in [0.2, 0.25) is 0 Å².